The Kier molecular flexibility index (Phi) is 4.17. The summed E-state index contributed by atoms with van der Waals surface area (Å²) in [5, 5.41) is 0. The molecule has 1 aromatic carbocycles. The monoisotopic (exact) mass is 319 g/mol. The Bertz CT molecular complexity index is 645. The minimum atomic E-state index is 0.0173. The van der Waals surface area contributed by atoms with Gasteiger partial charge in [0, 0.05) is 30.2 Å². The number of thioether (sulfide) groups is 1. The van der Waals surface area contributed by atoms with Crippen LogP contribution in [0.25, 0.3) is 11.3 Å². The van der Waals surface area contributed by atoms with Gasteiger partial charge in [0.25, 0.3) is 5.91 Å². The lowest BCUT2D eigenvalue weighted by atomic mass is 10.1. The van der Waals surface area contributed by atoms with E-state index >= 15 is 0 Å². The summed E-state index contributed by atoms with van der Waals surface area (Å²) < 4.78 is 4.40. The standard InChI is InChI=1S/C15H17N3OS2/c1-10-2-4-11(5-3-10)13-12(16)14(21-17-13)15(19)18-6-8-20-9-7-18/h2-5H,6-9,16H2,1H3. The Morgan fingerprint density at radius 2 is 1.90 bits per heavy atom. The van der Waals surface area contributed by atoms with E-state index in [2.05, 4.69) is 4.37 Å². The third kappa shape index (κ3) is 2.91. The molecular weight excluding hydrogens is 302 g/mol. The van der Waals surface area contributed by atoms with Crippen LogP contribution in [0.4, 0.5) is 5.69 Å². The number of aryl methyl sites for hydroxylation is 1. The van der Waals surface area contributed by atoms with Crippen LogP contribution in [0.15, 0.2) is 24.3 Å². The SMILES string of the molecule is Cc1ccc(-c2nsc(C(=O)N3CCSCC3)c2N)cc1. The summed E-state index contributed by atoms with van der Waals surface area (Å²) in [7, 11) is 0. The number of benzene rings is 1. The van der Waals surface area contributed by atoms with Gasteiger partial charge in [-0.25, -0.2) is 0 Å². The van der Waals surface area contributed by atoms with E-state index in [-0.39, 0.29) is 5.91 Å². The number of carbonyl (C=O) groups excluding carboxylic acids is 1. The van der Waals surface area contributed by atoms with Gasteiger partial charge in [-0.05, 0) is 18.5 Å². The summed E-state index contributed by atoms with van der Waals surface area (Å²) in [5.41, 5.74) is 9.55. The third-order valence-electron chi connectivity index (χ3n) is 3.55. The first kappa shape index (κ1) is 14.4. The fraction of sp³-hybridized carbons (Fsp3) is 0.333. The van der Waals surface area contributed by atoms with Gasteiger partial charge in [-0.1, -0.05) is 29.8 Å². The molecule has 1 aromatic heterocycles. The molecule has 1 amide bonds. The second kappa shape index (κ2) is 6.07. The van der Waals surface area contributed by atoms with E-state index < -0.39 is 0 Å². The summed E-state index contributed by atoms with van der Waals surface area (Å²) in [5.74, 6) is 2.01. The maximum Gasteiger partial charge on any atom is 0.267 e. The van der Waals surface area contributed by atoms with Crippen molar-refractivity contribution in [3.63, 3.8) is 0 Å². The molecule has 2 N–H and O–H groups in total. The van der Waals surface area contributed by atoms with Crippen LogP contribution in [0.3, 0.4) is 0 Å². The fourth-order valence-corrected chi connectivity index (χ4v) is 3.97. The number of aromatic nitrogens is 1. The molecule has 6 heteroatoms. The highest BCUT2D eigenvalue weighted by atomic mass is 32.2. The normalized spacial score (nSPS) is 15.2. The van der Waals surface area contributed by atoms with Crippen molar-refractivity contribution < 1.29 is 4.79 Å². The van der Waals surface area contributed by atoms with Crippen LogP contribution >= 0.6 is 23.3 Å². The van der Waals surface area contributed by atoms with Gasteiger partial charge in [-0.2, -0.15) is 16.1 Å². The van der Waals surface area contributed by atoms with Crippen LogP contribution < -0.4 is 5.73 Å². The maximum atomic E-state index is 12.5. The van der Waals surface area contributed by atoms with E-state index in [1.165, 1.54) is 17.1 Å². The predicted octanol–water partition coefficient (Wildman–Crippen LogP) is 2.89. The van der Waals surface area contributed by atoms with Crippen LogP contribution in [0.2, 0.25) is 0 Å². The van der Waals surface area contributed by atoms with Crippen LogP contribution in [0.5, 0.6) is 0 Å². The van der Waals surface area contributed by atoms with Crippen LogP contribution in [0.1, 0.15) is 15.2 Å². The zero-order valence-corrected chi connectivity index (χ0v) is 13.5. The molecule has 1 fully saturated rings. The van der Waals surface area contributed by atoms with Crippen LogP contribution in [0, 0.1) is 6.92 Å². The van der Waals surface area contributed by atoms with Gasteiger partial charge in [0.1, 0.15) is 10.6 Å². The van der Waals surface area contributed by atoms with Crippen molar-refractivity contribution in [1.82, 2.24) is 9.27 Å². The van der Waals surface area contributed by atoms with Crippen molar-refractivity contribution in [2.24, 2.45) is 0 Å². The van der Waals surface area contributed by atoms with E-state index in [9.17, 15) is 4.79 Å². The molecular formula is C15H17N3OS2. The number of hydrogen-bond acceptors (Lipinski definition) is 5. The lowest BCUT2D eigenvalue weighted by molar-refractivity contribution is 0.0778. The van der Waals surface area contributed by atoms with Gasteiger partial charge in [0.2, 0.25) is 0 Å². The third-order valence-corrected chi connectivity index (χ3v) is 5.34. The molecule has 1 aliphatic heterocycles. The van der Waals surface area contributed by atoms with Crippen molar-refractivity contribution in [2.45, 2.75) is 6.92 Å². The first-order valence-corrected chi connectivity index (χ1v) is 8.79. The molecule has 2 heterocycles. The molecule has 0 saturated carbocycles. The molecule has 1 aliphatic rings. The molecule has 1 saturated heterocycles. The summed E-state index contributed by atoms with van der Waals surface area (Å²) in [4.78, 5) is 15.0. The number of anilines is 1. The number of hydrogen-bond donors (Lipinski definition) is 1. The fourth-order valence-electron chi connectivity index (χ4n) is 2.28. The summed E-state index contributed by atoms with van der Waals surface area (Å²) in [6.45, 7) is 3.62. The van der Waals surface area contributed by atoms with Gasteiger partial charge in [-0.3, -0.25) is 4.79 Å². The Morgan fingerprint density at radius 1 is 1.24 bits per heavy atom. The van der Waals surface area contributed by atoms with E-state index in [0.29, 0.717) is 10.6 Å². The van der Waals surface area contributed by atoms with Crippen molar-refractivity contribution in [3.05, 3.63) is 34.7 Å². The zero-order chi connectivity index (χ0) is 14.8. The molecule has 0 aliphatic carbocycles. The predicted molar refractivity (Wildman–Crippen MR) is 89.9 cm³/mol. The quantitative estimate of drug-likeness (QED) is 0.924. The second-order valence-corrected chi connectivity index (χ2v) is 7.04. The van der Waals surface area contributed by atoms with Crippen LogP contribution in [-0.2, 0) is 0 Å². The van der Waals surface area contributed by atoms with Gasteiger partial charge in [-0.15, -0.1) is 0 Å². The molecule has 4 nitrogen and oxygen atoms in total. The number of rotatable bonds is 2. The minimum absolute atomic E-state index is 0.0173. The van der Waals surface area contributed by atoms with E-state index in [1.807, 2.05) is 47.9 Å². The first-order valence-electron chi connectivity index (χ1n) is 6.86. The lowest BCUT2D eigenvalue weighted by Crippen LogP contribution is -2.37. The lowest BCUT2D eigenvalue weighted by Gasteiger charge is -2.25. The average Bonchev–Trinajstić information content (AvgIpc) is 2.90. The van der Waals surface area contributed by atoms with Crippen molar-refractivity contribution in [3.8, 4) is 11.3 Å². The largest absolute Gasteiger partial charge is 0.396 e. The summed E-state index contributed by atoms with van der Waals surface area (Å²) in [6.07, 6.45) is 0. The maximum absolute atomic E-state index is 12.5. The van der Waals surface area contributed by atoms with Crippen LogP contribution in [-0.4, -0.2) is 39.8 Å². The molecule has 3 rings (SSSR count). The number of nitrogens with two attached hydrogens (primary N) is 1. The summed E-state index contributed by atoms with van der Waals surface area (Å²) in [6, 6.07) is 8.04. The Morgan fingerprint density at radius 3 is 2.57 bits per heavy atom. The summed E-state index contributed by atoms with van der Waals surface area (Å²) >= 11 is 3.09. The highest BCUT2D eigenvalue weighted by molar-refractivity contribution is 7.99. The van der Waals surface area contributed by atoms with E-state index in [1.54, 1.807) is 0 Å². The van der Waals surface area contributed by atoms with Crippen molar-refractivity contribution in [2.75, 3.05) is 30.3 Å². The van der Waals surface area contributed by atoms with Crippen molar-refractivity contribution >= 4 is 34.9 Å². The van der Waals surface area contributed by atoms with Crippen molar-refractivity contribution in [1.29, 1.82) is 0 Å². The molecule has 0 unspecified atom stereocenters. The Hall–Kier alpha value is -1.53. The number of amides is 1. The molecule has 21 heavy (non-hydrogen) atoms. The molecule has 0 radical (unpaired) electrons. The highest BCUT2D eigenvalue weighted by Gasteiger charge is 2.24. The smallest absolute Gasteiger partial charge is 0.267 e. The van der Waals surface area contributed by atoms with Gasteiger partial charge in [0.05, 0.1) is 5.69 Å². The first-order chi connectivity index (χ1) is 10.2. The van der Waals surface area contributed by atoms with E-state index in [4.69, 9.17) is 5.73 Å². The topological polar surface area (TPSA) is 59.2 Å². The molecule has 0 spiro atoms. The number of nitrogens with zero attached hydrogens (tertiary/aromatic N) is 2. The average molecular weight is 319 g/mol. The van der Waals surface area contributed by atoms with E-state index in [0.717, 1.165) is 35.9 Å². The van der Waals surface area contributed by atoms with Gasteiger partial charge >= 0.3 is 0 Å². The zero-order valence-electron chi connectivity index (χ0n) is 11.8. The highest BCUT2D eigenvalue weighted by Crippen LogP contribution is 2.32. The number of carbonyl (C=O) groups is 1. The minimum Gasteiger partial charge on any atom is -0.396 e. The molecule has 0 atom stereocenters. The Balaban J connectivity index is 1.88. The molecule has 110 valence electrons. The van der Waals surface area contributed by atoms with Gasteiger partial charge < -0.3 is 10.6 Å². The van der Waals surface area contributed by atoms with Gasteiger partial charge in [0.15, 0.2) is 0 Å². The second-order valence-electron chi connectivity index (χ2n) is 5.04. The molecule has 2 aromatic rings. The number of nitrogen functional groups attached to an aromatic ring is 1. The Labute approximate surface area is 132 Å². The molecule has 0 bridgehead atoms.